The third-order valence-corrected chi connectivity index (χ3v) is 1.73. The molecule has 0 aliphatic rings. The fourth-order valence-corrected chi connectivity index (χ4v) is 0.876. The van der Waals surface area contributed by atoms with Gasteiger partial charge in [0.25, 0.3) is 0 Å². The quantitative estimate of drug-likeness (QED) is 0.391. The molecule has 0 aliphatic heterocycles. The maximum absolute atomic E-state index is 11.0. The second-order valence-electron chi connectivity index (χ2n) is 3.54. The largest absolute Gasteiger partial charge is 0.464 e. The standard InChI is InChI=1S/C11H17NO7/c1-3-4-9(14)18-19-10(15)5-6-17-11(16)7-12-8(2)13/h3-7H2,1-2H3,(H,12,13). The Kier molecular flexibility index (Phi) is 8.76. The Labute approximate surface area is 110 Å². The molecule has 0 aromatic carbocycles. The summed E-state index contributed by atoms with van der Waals surface area (Å²) in [5, 5.41) is 2.24. The Morgan fingerprint density at radius 1 is 0.947 bits per heavy atom. The van der Waals surface area contributed by atoms with Crippen LogP contribution in [0.5, 0.6) is 0 Å². The molecule has 0 aromatic rings. The van der Waals surface area contributed by atoms with E-state index in [0.717, 1.165) is 0 Å². The predicted molar refractivity (Wildman–Crippen MR) is 61.4 cm³/mol. The van der Waals surface area contributed by atoms with Crippen molar-refractivity contribution in [3.05, 3.63) is 0 Å². The molecule has 108 valence electrons. The van der Waals surface area contributed by atoms with Crippen LogP contribution >= 0.6 is 0 Å². The summed E-state index contributed by atoms with van der Waals surface area (Å²) in [7, 11) is 0. The van der Waals surface area contributed by atoms with Gasteiger partial charge in [-0.2, -0.15) is 0 Å². The summed E-state index contributed by atoms with van der Waals surface area (Å²) in [6.07, 6.45) is 0.487. The van der Waals surface area contributed by atoms with Crippen LogP contribution in [-0.4, -0.2) is 37.0 Å². The van der Waals surface area contributed by atoms with Gasteiger partial charge in [0.05, 0.1) is 6.42 Å². The summed E-state index contributed by atoms with van der Waals surface area (Å²) in [4.78, 5) is 51.8. The van der Waals surface area contributed by atoms with Gasteiger partial charge in [-0.15, -0.1) is 0 Å². The maximum Gasteiger partial charge on any atom is 0.359 e. The van der Waals surface area contributed by atoms with Crippen molar-refractivity contribution in [2.75, 3.05) is 13.2 Å². The minimum atomic E-state index is -0.822. The van der Waals surface area contributed by atoms with E-state index in [9.17, 15) is 19.2 Å². The number of carbonyl (C=O) groups excluding carboxylic acids is 4. The Hall–Kier alpha value is -2.12. The number of nitrogens with one attached hydrogen (secondary N) is 1. The highest BCUT2D eigenvalue weighted by atomic mass is 17.2. The Balaban J connectivity index is 3.60. The number of carbonyl (C=O) groups is 4. The van der Waals surface area contributed by atoms with Gasteiger partial charge in [-0.05, 0) is 6.42 Å². The van der Waals surface area contributed by atoms with Gasteiger partial charge in [-0.25, -0.2) is 19.4 Å². The van der Waals surface area contributed by atoms with Crippen LogP contribution in [0.4, 0.5) is 0 Å². The SMILES string of the molecule is CCCC(=O)OOC(=O)CCOC(=O)CNC(C)=O. The second-order valence-corrected chi connectivity index (χ2v) is 3.54. The summed E-state index contributed by atoms with van der Waals surface area (Å²) >= 11 is 0. The van der Waals surface area contributed by atoms with Gasteiger partial charge in [0.1, 0.15) is 13.2 Å². The van der Waals surface area contributed by atoms with Crippen LogP contribution in [0.3, 0.4) is 0 Å². The number of rotatable bonds is 7. The van der Waals surface area contributed by atoms with Crippen LogP contribution < -0.4 is 5.32 Å². The van der Waals surface area contributed by atoms with Gasteiger partial charge in [-0.3, -0.25) is 9.59 Å². The van der Waals surface area contributed by atoms with Crippen molar-refractivity contribution in [2.24, 2.45) is 0 Å². The van der Waals surface area contributed by atoms with Gasteiger partial charge in [0.2, 0.25) is 5.91 Å². The normalized spacial score (nSPS) is 9.37. The molecule has 0 saturated carbocycles. The van der Waals surface area contributed by atoms with E-state index in [1.807, 2.05) is 0 Å². The van der Waals surface area contributed by atoms with Gasteiger partial charge in [0, 0.05) is 13.3 Å². The van der Waals surface area contributed by atoms with E-state index in [-0.39, 0.29) is 31.9 Å². The highest BCUT2D eigenvalue weighted by molar-refractivity contribution is 5.80. The first-order valence-corrected chi connectivity index (χ1v) is 5.76. The van der Waals surface area contributed by atoms with E-state index < -0.39 is 17.9 Å². The molecule has 0 atom stereocenters. The van der Waals surface area contributed by atoms with E-state index in [4.69, 9.17) is 0 Å². The summed E-state index contributed by atoms with van der Waals surface area (Å²) in [6.45, 7) is 2.55. The maximum atomic E-state index is 11.0. The van der Waals surface area contributed by atoms with Gasteiger partial charge in [-0.1, -0.05) is 6.92 Å². The third-order valence-electron chi connectivity index (χ3n) is 1.73. The van der Waals surface area contributed by atoms with E-state index in [2.05, 4.69) is 19.8 Å². The first kappa shape index (κ1) is 16.9. The molecule has 8 nitrogen and oxygen atoms in total. The fourth-order valence-electron chi connectivity index (χ4n) is 0.876. The highest BCUT2D eigenvalue weighted by Gasteiger charge is 2.10. The van der Waals surface area contributed by atoms with Crippen LogP contribution in [0, 0.1) is 0 Å². The highest BCUT2D eigenvalue weighted by Crippen LogP contribution is 1.95. The predicted octanol–water partition coefficient (Wildman–Crippen LogP) is -0.143. The van der Waals surface area contributed by atoms with Crippen LogP contribution in [0.1, 0.15) is 33.1 Å². The summed E-state index contributed by atoms with van der Waals surface area (Å²) < 4.78 is 4.62. The summed E-state index contributed by atoms with van der Waals surface area (Å²) in [5.41, 5.74) is 0. The van der Waals surface area contributed by atoms with Crippen LogP contribution in [0.2, 0.25) is 0 Å². The molecular weight excluding hydrogens is 258 g/mol. The fraction of sp³-hybridized carbons (Fsp3) is 0.636. The number of hydrogen-bond acceptors (Lipinski definition) is 7. The average Bonchev–Trinajstić information content (AvgIpc) is 2.34. The lowest BCUT2D eigenvalue weighted by atomic mass is 10.3. The molecular formula is C11H17NO7. The molecule has 0 aromatic heterocycles. The van der Waals surface area contributed by atoms with Gasteiger partial charge in [0.15, 0.2) is 0 Å². The van der Waals surface area contributed by atoms with Crippen molar-refractivity contribution in [3.63, 3.8) is 0 Å². The zero-order chi connectivity index (χ0) is 14.7. The molecule has 0 rings (SSSR count). The van der Waals surface area contributed by atoms with Crippen molar-refractivity contribution in [1.29, 1.82) is 0 Å². The number of amides is 1. The molecule has 0 fully saturated rings. The van der Waals surface area contributed by atoms with E-state index in [0.29, 0.717) is 6.42 Å². The minimum Gasteiger partial charge on any atom is -0.464 e. The van der Waals surface area contributed by atoms with Crippen LogP contribution in [0.25, 0.3) is 0 Å². The Morgan fingerprint density at radius 3 is 2.05 bits per heavy atom. The van der Waals surface area contributed by atoms with Gasteiger partial charge >= 0.3 is 17.9 Å². The molecule has 0 heterocycles. The lowest BCUT2D eigenvalue weighted by molar-refractivity contribution is -0.259. The van der Waals surface area contributed by atoms with Gasteiger partial charge < -0.3 is 10.1 Å². The molecule has 1 N–H and O–H groups in total. The first-order chi connectivity index (χ1) is 8.95. The lowest BCUT2D eigenvalue weighted by Crippen LogP contribution is -2.29. The van der Waals surface area contributed by atoms with Crippen molar-refractivity contribution >= 4 is 23.8 Å². The number of hydrogen-bond donors (Lipinski definition) is 1. The Morgan fingerprint density at radius 2 is 1.53 bits per heavy atom. The van der Waals surface area contributed by atoms with Crippen molar-refractivity contribution in [3.8, 4) is 0 Å². The molecule has 0 saturated heterocycles. The third kappa shape index (κ3) is 10.7. The molecule has 0 radical (unpaired) electrons. The topological polar surface area (TPSA) is 108 Å². The molecule has 8 heteroatoms. The monoisotopic (exact) mass is 275 g/mol. The van der Waals surface area contributed by atoms with E-state index in [1.165, 1.54) is 6.92 Å². The van der Waals surface area contributed by atoms with Crippen LogP contribution in [-0.2, 0) is 33.7 Å². The first-order valence-electron chi connectivity index (χ1n) is 5.76. The van der Waals surface area contributed by atoms with E-state index in [1.54, 1.807) is 6.92 Å². The molecule has 0 bridgehead atoms. The van der Waals surface area contributed by atoms with E-state index >= 15 is 0 Å². The minimum absolute atomic E-state index is 0.152. The summed E-state index contributed by atoms with van der Waals surface area (Å²) in [6, 6.07) is 0. The number of ether oxygens (including phenoxy) is 1. The Bertz CT molecular complexity index is 340. The molecule has 0 unspecified atom stereocenters. The second kappa shape index (κ2) is 9.86. The average molecular weight is 275 g/mol. The molecule has 0 aliphatic carbocycles. The molecule has 19 heavy (non-hydrogen) atoms. The number of esters is 1. The van der Waals surface area contributed by atoms with Crippen molar-refractivity contribution < 1.29 is 33.7 Å². The zero-order valence-corrected chi connectivity index (χ0v) is 10.9. The van der Waals surface area contributed by atoms with Crippen molar-refractivity contribution in [2.45, 2.75) is 33.1 Å². The summed E-state index contributed by atoms with van der Waals surface area (Å²) in [5.74, 6) is -2.50. The molecule has 1 amide bonds. The smallest absolute Gasteiger partial charge is 0.359 e. The zero-order valence-electron chi connectivity index (χ0n) is 10.9. The van der Waals surface area contributed by atoms with Crippen LogP contribution in [0.15, 0.2) is 0 Å². The molecule has 0 spiro atoms. The lowest BCUT2D eigenvalue weighted by Gasteiger charge is -2.05. The van der Waals surface area contributed by atoms with Crippen molar-refractivity contribution in [1.82, 2.24) is 5.32 Å².